The molecule has 0 saturated carbocycles. The normalized spacial score (nSPS) is 18.6. The van der Waals surface area contributed by atoms with Gasteiger partial charge < -0.3 is 20.7 Å². The molecule has 0 aliphatic carbocycles. The second-order valence-corrected chi connectivity index (χ2v) is 6.52. The lowest BCUT2D eigenvalue weighted by molar-refractivity contribution is 0.123. The quantitative estimate of drug-likeness (QED) is 0.891. The van der Waals surface area contributed by atoms with Gasteiger partial charge in [0, 0.05) is 24.5 Å². The van der Waals surface area contributed by atoms with E-state index < -0.39 is 0 Å². The van der Waals surface area contributed by atoms with Gasteiger partial charge in [-0.15, -0.1) is 0 Å². The Morgan fingerprint density at radius 3 is 2.90 bits per heavy atom. The number of carbonyl (C=O) groups excluding carboxylic acids is 1. The summed E-state index contributed by atoms with van der Waals surface area (Å²) in [5, 5.41) is 2.79. The number of aromatic nitrogens is 1. The van der Waals surface area contributed by atoms with Gasteiger partial charge in [-0.1, -0.05) is 0 Å². The number of hydrogen-bond acceptors (Lipinski definition) is 5. The Hall–Kier alpha value is -1.98. The molecule has 1 unspecified atom stereocenters. The van der Waals surface area contributed by atoms with Crippen LogP contribution in [0.25, 0.3) is 0 Å². The molecule has 6 nitrogen and oxygen atoms in total. The van der Waals surface area contributed by atoms with E-state index in [-0.39, 0.29) is 11.6 Å². The molecule has 1 aliphatic heterocycles. The lowest BCUT2D eigenvalue weighted by Crippen LogP contribution is -2.41. The molecular formula is C15H24N4O2. The van der Waals surface area contributed by atoms with Crippen molar-refractivity contribution in [3.05, 3.63) is 18.3 Å². The van der Waals surface area contributed by atoms with Crippen molar-refractivity contribution in [1.82, 2.24) is 10.3 Å². The molecule has 1 aliphatic rings. The van der Waals surface area contributed by atoms with Gasteiger partial charge in [-0.3, -0.25) is 0 Å². The molecule has 0 bridgehead atoms. The van der Waals surface area contributed by atoms with E-state index in [1.165, 1.54) is 0 Å². The largest absolute Gasteiger partial charge is 0.449 e. The highest BCUT2D eigenvalue weighted by atomic mass is 16.5. The number of nitrogens with zero attached hydrogens (tertiary/aromatic N) is 2. The Bertz CT molecular complexity index is 481. The molecule has 6 heteroatoms. The zero-order valence-corrected chi connectivity index (χ0v) is 12.9. The maximum absolute atomic E-state index is 11.6. The average molecular weight is 292 g/mol. The first-order valence-electron chi connectivity index (χ1n) is 7.25. The number of anilines is 2. The van der Waals surface area contributed by atoms with E-state index in [0.717, 1.165) is 25.3 Å². The number of hydrogen-bond donors (Lipinski definition) is 2. The van der Waals surface area contributed by atoms with Crippen LogP contribution in [-0.2, 0) is 4.74 Å². The molecule has 3 N–H and O–H groups in total. The number of nitrogen functional groups attached to an aromatic ring is 1. The van der Waals surface area contributed by atoms with E-state index in [1.54, 1.807) is 6.20 Å². The number of pyridine rings is 1. The summed E-state index contributed by atoms with van der Waals surface area (Å²) in [4.78, 5) is 18.1. The van der Waals surface area contributed by atoms with E-state index in [4.69, 9.17) is 10.5 Å². The highest BCUT2D eigenvalue weighted by molar-refractivity contribution is 5.68. The van der Waals surface area contributed by atoms with Gasteiger partial charge in [0.1, 0.15) is 5.82 Å². The van der Waals surface area contributed by atoms with E-state index >= 15 is 0 Å². The molecule has 1 aromatic rings. The molecule has 0 radical (unpaired) electrons. The number of nitrogens with two attached hydrogens (primary N) is 1. The summed E-state index contributed by atoms with van der Waals surface area (Å²) in [6, 6.07) is 3.77. The number of carbonyl (C=O) groups is 1. The summed E-state index contributed by atoms with van der Waals surface area (Å²) in [7, 11) is 0. The second kappa shape index (κ2) is 6.20. The third kappa shape index (κ3) is 4.81. The third-order valence-corrected chi connectivity index (χ3v) is 3.31. The molecule has 2 rings (SSSR count). The number of ether oxygens (including phenoxy) is 1. The highest BCUT2D eigenvalue weighted by Gasteiger charge is 2.25. The summed E-state index contributed by atoms with van der Waals surface area (Å²) >= 11 is 0. The van der Waals surface area contributed by atoms with Crippen molar-refractivity contribution in [2.45, 2.75) is 32.7 Å². The number of alkyl carbamates (subject to hydrolysis) is 1. The van der Waals surface area contributed by atoms with Crippen molar-refractivity contribution in [2.24, 2.45) is 5.92 Å². The fourth-order valence-corrected chi connectivity index (χ4v) is 2.30. The molecule has 0 aromatic carbocycles. The summed E-state index contributed by atoms with van der Waals surface area (Å²) < 4.78 is 5.29. The Balaban J connectivity index is 1.78. The third-order valence-electron chi connectivity index (χ3n) is 3.31. The lowest BCUT2D eigenvalue weighted by atomic mass is 10.1. The van der Waals surface area contributed by atoms with Crippen LogP contribution >= 0.6 is 0 Å². The van der Waals surface area contributed by atoms with Crippen molar-refractivity contribution in [1.29, 1.82) is 0 Å². The van der Waals surface area contributed by atoms with Crippen LogP contribution in [0.4, 0.5) is 16.3 Å². The Morgan fingerprint density at radius 1 is 1.52 bits per heavy atom. The summed E-state index contributed by atoms with van der Waals surface area (Å²) in [6.45, 7) is 7.99. The standard InChI is InChI=1S/C15H24N4O2/c1-15(2,3)18-14(20)21-10-11-6-7-19(9-11)13-5-4-12(16)8-17-13/h4-5,8,11H,6-7,9-10,16H2,1-3H3,(H,18,20). The van der Waals surface area contributed by atoms with E-state index in [1.807, 2.05) is 32.9 Å². The number of rotatable bonds is 3. The van der Waals surface area contributed by atoms with Gasteiger partial charge in [0.15, 0.2) is 0 Å². The molecule has 1 amide bonds. The van der Waals surface area contributed by atoms with Gasteiger partial charge in [-0.05, 0) is 39.3 Å². The van der Waals surface area contributed by atoms with Gasteiger partial charge in [0.05, 0.1) is 18.5 Å². The predicted molar refractivity (Wildman–Crippen MR) is 83.2 cm³/mol. The zero-order valence-electron chi connectivity index (χ0n) is 12.9. The minimum Gasteiger partial charge on any atom is -0.449 e. The van der Waals surface area contributed by atoms with Gasteiger partial charge in [-0.25, -0.2) is 9.78 Å². The van der Waals surface area contributed by atoms with Crippen molar-refractivity contribution in [3.63, 3.8) is 0 Å². The van der Waals surface area contributed by atoms with Gasteiger partial charge >= 0.3 is 6.09 Å². The first-order valence-corrected chi connectivity index (χ1v) is 7.25. The molecule has 2 heterocycles. The molecule has 1 aromatic heterocycles. The fraction of sp³-hybridized carbons (Fsp3) is 0.600. The fourth-order valence-electron chi connectivity index (χ4n) is 2.30. The molecule has 1 saturated heterocycles. The second-order valence-electron chi connectivity index (χ2n) is 6.52. The highest BCUT2D eigenvalue weighted by Crippen LogP contribution is 2.22. The van der Waals surface area contributed by atoms with Crippen molar-refractivity contribution >= 4 is 17.6 Å². The molecular weight excluding hydrogens is 268 g/mol. The van der Waals surface area contributed by atoms with Crippen molar-refractivity contribution < 1.29 is 9.53 Å². The van der Waals surface area contributed by atoms with Crippen LogP contribution in [0.2, 0.25) is 0 Å². The Kier molecular flexibility index (Phi) is 4.55. The maximum Gasteiger partial charge on any atom is 0.407 e. The summed E-state index contributed by atoms with van der Waals surface area (Å²) in [6.07, 6.45) is 2.30. The van der Waals surface area contributed by atoms with E-state index in [0.29, 0.717) is 18.2 Å². The number of amides is 1. The Labute approximate surface area is 125 Å². The van der Waals surface area contributed by atoms with Gasteiger partial charge in [0.25, 0.3) is 0 Å². The smallest absolute Gasteiger partial charge is 0.407 e. The van der Waals surface area contributed by atoms with Crippen molar-refractivity contribution in [3.8, 4) is 0 Å². The topological polar surface area (TPSA) is 80.5 Å². The predicted octanol–water partition coefficient (Wildman–Crippen LogP) is 2.01. The Morgan fingerprint density at radius 2 is 2.29 bits per heavy atom. The zero-order chi connectivity index (χ0) is 15.5. The molecule has 1 atom stereocenters. The van der Waals surface area contributed by atoms with Crippen molar-refractivity contribution in [2.75, 3.05) is 30.3 Å². The van der Waals surface area contributed by atoms with Crippen LogP contribution in [0.1, 0.15) is 27.2 Å². The van der Waals surface area contributed by atoms with Crippen LogP contribution in [0.5, 0.6) is 0 Å². The SMILES string of the molecule is CC(C)(C)NC(=O)OCC1CCN(c2ccc(N)cn2)C1. The lowest BCUT2D eigenvalue weighted by Gasteiger charge is -2.21. The van der Waals surface area contributed by atoms with E-state index in [9.17, 15) is 4.79 Å². The minimum absolute atomic E-state index is 0.271. The monoisotopic (exact) mass is 292 g/mol. The number of nitrogens with one attached hydrogen (secondary N) is 1. The maximum atomic E-state index is 11.6. The van der Waals surface area contributed by atoms with Crippen LogP contribution in [0.3, 0.4) is 0 Å². The average Bonchev–Trinajstić information content (AvgIpc) is 2.84. The first kappa shape index (κ1) is 15.4. The van der Waals surface area contributed by atoms with Crippen LogP contribution in [0.15, 0.2) is 18.3 Å². The molecule has 21 heavy (non-hydrogen) atoms. The summed E-state index contributed by atoms with van der Waals surface area (Å²) in [5.41, 5.74) is 6.03. The van der Waals surface area contributed by atoms with Crippen LogP contribution < -0.4 is 16.0 Å². The molecule has 1 fully saturated rings. The van der Waals surface area contributed by atoms with Gasteiger partial charge in [0.2, 0.25) is 0 Å². The van der Waals surface area contributed by atoms with Crippen LogP contribution in [0, 0.1) is 5.92 Å². The summed E-state index contributed by atoms with van der Waals surface area (Å²) in [5.74, 6) is 1.26. The van der Waals surface area contributed by atoms with E-state index in [2.05, 4.69) is 15.2 Å². The first-order chi connectivity index (χ1) is 9.83. The molecule has 0 spiro atoms. The van der Waals surface area contributed by atoms with Crippen LogP contribution in [-0.4, -0.2) is 36.3 Å². The molecule has 116 valence electrons. The minimum atomic E-state index is -0.355. The van der Waals surface area contributed by atoms with Gasteiger partial charge in [-0.2, -0.15) is 0 Å².